The Morgan fingerprint density at radius 2 is 1.52 bits per heavy atom. The van der Waals surface area contributed by atoms with Gasteiger partial charge < -0.3 is 10.2 Å². The predicted octanol–water partition coefficient (Wildman–Crippen LogP) is 1.90. The van der Waals surface area contributed by atoms with Gasteiger partial charge in [0.1, 0.15) is 0 Å². The van der Waals surface area contributed by atoms with Crippen molar-refractivity contribution in [1.29, 1.82) is 0 Å². The molecular formula is C17H28N2O2. The monoisotopic (exact) mass is 292 g/mol. The Hall–Kier alpha value is -1.94. The molecule has 4 heteroatoms. The van der Waals surface area contributed by atoms with Gasteiger partial charge in [-0.15, -0.1) is 24.7 Å². The molecule has 0 aromatic heterocycles. The smallest absolute Gasteiger partial charge is 0.209 e. The summed E-state index contributed by atoms with van der Waals surface area (Å²) in [5.74, 6) is 6.12. The van der Waals surface area contributed by atoms with Crippen LogP contribution in [-0.4, -0.2) is 36.9 Å². The van der Waals surface area contributed by atoms with Gasteiger partial charge in [0, 0.05) is 31.0 Å². The Kier molecular flexibility index (Phi) is 11.0. The van der Waals surface area contributed by atoms with E-state index < -0.39 is 0 Å². The number of rotatable bonds is 4. The molecule has 0 heterocycles. The molecule has 2 amide bonds. The maximum atomic E-state index is 10.2. The molecule has 1 N–H and O–H groups in total. The number of terminal acetylenes is 2. The minimum Gasteiger partial charge on any atom is -0.356 e. The highest BCUT2D eigenvalue weighted by Crippen LogP contribution is 2.29. The number of carbonyl (C=O) groups excluding carboxylic acids is 2. The fourth-order valence-electron chi connectivity index (χ4n) is 2.13. The van der Waals surface area contributed by atoms with Gasteiger partial charge in [0.05, 0.1) is 0 Å². The Morgan fingerprint density at radius 1 is 1.05 bits per heavy atom. The number of hydrogen-bond donors (Lipinski definition) is 1. The van der Waals surface area contributed by atoms with Gasteiger partial charge in [0.25, 0.3) is 0 Å². The van der Waals surface area contributed by atoms with Crippen molar-refractivity contribution in [2.45, 2.75) is 52.6 Å². The topological polar surface area (TPSA) is 49.4 Å². The normalized spacial score (nSPS) is 28.0. The van der Waals surface area contributed by atoms with Gasteiger partial charge in [-0.1, -0.05) is 14.9 Å². The molecule has 2 aliphatic carbocycles. The first kappa shape index (κ1) is 21.4. The van der Waals surface area contributed by atoms with Crippen molar-refractivity contribution in [2.75, 3.05) is 7.05 Å². The minimum atomic E-state index is 0. The average Bonchev–Trinajstić information content (AvgIpc) is 2.32. The molecule has 0 atom stereocenters. The van der Waals surface area contributed by atoms with Gasteiger partial charge >= 0.3 is 0 Å². The number of amides is 2. The molecule has 0 saturated heterocycles. The molecule has 2 aliphatic rings. The van der Waals surface area contributed by atoms with Crippen LogP contribution in [0.1, 0.15) is 40.5 Å². The van der Waals surface area contributed by atoms with E-state index in [1.165, 1.54) is 0 Å². The second kappa shape index (κ2) is 10.8. The first-order chi connectivity index (χ1) is 9.14. The minimum absolute atomic E-state index is 0. The third-order valence-corrected chi connectivity index (χ3v) is 3.77. The lowest BCUT2D eigenvalue weighted by Gasteiger charge is -2.36. The van der Waals surface area contributed by atoms with Crippen LogP contribution >= 0.6 is 0 Å². The van der Waals surface area contributed by atoms with Crippen molar-refractivity contribution >= 4 is 12.8 Å². The number of nitrogens with zero attached hydrogens (tertiary/aromatic N) is 1. The maximum Gasteiger partial charge on any atom is 0.209 e. The lowest BCUT2D eigenvalue weighted by molar-refractivity contribution is -0.120. The Bertz CT molecular complexity index is 383. The largest absolute Gasteiger partial charge is 0.356 e. The summed E-state index contributed by atoms with van der Waals surface area (Å²) in [6, 6.07) is 0.752. The Morgan fingerprint density at radius 3 is 1.90 bits per heavy atom. The van der Waals surface area contributed by atoms with Crippen LogP contribution in [0, 0.1) is 36.5 Å². The molecule has 21 heavy (non-hydrogen) atoms. The second-order valence-electron chi connectivity index (χ2n) is 5.08. The van der Waals surface area contributed by atoms with E-state index in [4.69, 9.17) is 12.8 Å². The molecule has 0 aromatic carbocycles. The Labute approximate surface area is 129 Å². The van der Waals surface area contributed by atoms with Gasteiger partial charge in [-0.05, 0) is 25.7 Å². The fourth-order valence-corrected chi connectivity index (χ4v) is 2.13. The molecule has 0 aliphatic heterocycles. The van der Waals surface area contributed by atoms with E-state index >= 15 is 0 Å². The van der Waals surface area contributed by atoms with Crippen molar-refractivity contribution in [2.24, 2.45) is 11.8 Å². The summed E-state index contributed by atoms with van der Waals surface area (Å²) in [6.07, 6.45) is 15.8. The van der Waals surface area contributed by atoms with Crippen LogP contribution in [0.5, 0.6) is 0 Å². The molecule has 0 spiro atoms. The van der Waals surface area contributed by atoms with Gasteiger partial charge in [-0.2, -0.15) is 0 Å². The quantitative estimate of drug-likeness (QED) is 0.635. The Balaban J connectivity index is 0. The first-order valence-corrected chi connectivity index (χ1v) is 6.43. The fraction of sp³-hybridized carbons (Fsp3) is 0.647. The van der Waals surface area contributed by atoms with E-state index in [-0.39, 0.29) is 14.9 Å². The lowest BCUT2D eigenvalue weighted by atomic mass is 9.80. The summed E-state index contributed by atoms with van der Waals surface area (Å²) in [6.45, 7) is 0. The molecule has 2 fully saturated rings. The zero-order chi connectivity index (χ0) is 14.3. The predicted molar refractivity (Wildman–Crippen MR) is 87.2 cm³/mol. The van der Waals surface area contributed by atoms with Crippen molar-refractivity contribution < 1.29 is 9.59 Å². The highest BCUT2D eigenvalue weighted by atomic mass is 16.1. The lowest BCUT2D eigenvalue weighted by Crippen LogP contribution is -2.41. The third-order valence-electron chi connectivity index (χ3n) is 3.77. The highest BCUT2D eigenvalue weighted by molar-refractivity contribution is 5.47. The van der Waals surface area contributed by atoms with E-state index in [9.17, 15) is 9.59 Å². The SMILES string of the molecule is C.C.C#CC1CC(N(C)C=O)C1.C#CC1CC(NC=O)C1. The molecule has 0 radical (unpaired) electrons. The molecule has 4 nitrogen and oxygen atoms in total. The molecule has 118 valence electrons. The molecular weight excluding hydrogens is 264 g/mol. The molecule has 2 saturated carbocycles. The van der Waals surface area contributed by atoms with E-state index in [1.54, 1.807) is 11.9 Å². The first-order valence-electron chi connectivity index (χ1n) is 6.43. The summed E-state index contributed by atoms with van der Waals surface area (Å²) in [5, 5.41) is 2.67. The average molecular weight is 292 g/mol. The van der Waals surface area contributed by atoms with E-state index in [0.29, 0.717) is 23.9 Å². The number of hydrogen-bond acceptors (Lipinski definition) is 2. The zero-order valence-electron chi connectivity index (χ0n) is 11.2. The summed E-state index contributed by atoms with van der Waals surface area (Å²) >= 11 is 0. The molecule has 0 bridgehead atoms. The van der Waals surface area contributed by atoms with Gasteiger partial charge in [0.15, 0.2) is 0 Å². The summed E-state index contributed by atoms with van der Waals surface area (Å²) < 4.78 is 0. The van der Waals surface area contributed by atoms with E-state index in [2.05, 4.69) is 17.2 Å². The van der Waals surface area contributed by atoms with Crippen molar-refractivity contribution in [1.82, 2.24) is 10.2 Å². The van der Waals surface area contributed by atoms with Crippen LogP contribution in [0.15, 0.2) is 0 Å². The van der Waals surface area contributed by atoms with Gasteiger partial charge in [0.2, 0.25) is 12.8 Å². The van der Waals surface area contributed by atoms with Crippen LogP contribution in [0.4, 0.5) is 0 Å². The summed E-state index contributed by atoms with van der Waals surface area (Å²) in [7, 11) is 1.80. The zero-order valence-corrected chi connectivity index (χ0v) is 11.2. The molecule has 0 aromatic rings. The molecule has 2 rings (SSSR count). The van der Waals surface area contributed by atoms with Crippen LogP contribution in [0.2, 0.25) is 0 Å². The summed E-state index contributed by atoms with van der Waals surface area (Å²) in [5.41, 5.74) is 0. The van der Waals surface area contributed by atoms with Crippen molar-refractivity contribution in [3.63, 3.8) is 0 Å². The maximum absolute atomic E-state index is 10.2. The third kappa shape index (κ3) is 6.36. The van der Waals surface area contributed by atoms with E-state index in [1.807, 2.05) is 0 Å². The van der Waals surface area contributed by atoms with Crippen molar-refractivity contribution in [3.05, 3.63) is 0 Å². The van der Waals surface area contributed by atoms with Crippen LogP contribution < -0.4 is 5.32 Å². The van der Waals surface area contributed by atoms with Crippen molar-refractivity contribution in [3.8, 4) is 24.7 Å². The highest BCUT2D eigenvalue weighted by Gasteiger charge is 2.29. The van der Waals surface area contributed by atoms with Gasteiger partial charge in [-0.3, -0.25) is 9.59 Å². The standard InChI is InChI=1S/C8H11NO.C7H9NO.2CH4/c1-3-7-4-8(5-7)9(2)6-10;1-2-6-3-7(4-6)8-5-9;;/h1,6-8H,4-5H2,2H3;1,5-7H,3-4H2,(H,8,9);2*1H4. The molecule has 0 unspecified atom stereocenters. The van der Waals surface area contributed by atoms with Gasteiger partial charge in [-0.25, -0.2) is 0 Å². The number of carbonyl (C=O) groups is 2. The van der Waals surface area contributed by atoms with Crippen LogP contribution in [0.3, 0.4) is 0 Å². The van der Waals surface area contributed by atoms with E-state index in [0.717, 1.165) is 38.5 Å². The second-order valence-corrected chi connectivity index (χ2v) is 5.08. The van der Waals surface area contributed by atoms with Crippen LogP contribution in [0.25, 0.3) is 0 Å². The summed E-state index contributed by atoms with van der Waals surface area (Å²) in [4.78, 5) is 21.7. The number of nitrogens with one attached hydrogen (secondary N) is 1. The van der Waals surface area contributed by atoms with Crippen LogP contribution in [-0.2, 0) is 9.59 Å².